The number of nitrogens with two attached hydrogens (primary N) is 1. The molecule has 2 aliphatic rings. The largest absolute Gasteiger partial charge is 0.478 e. The van der Waals surface area contributed by atoms with E-state index >= 15 is 0 Å². The van der Waals surface area contributed by atoms with Crippen LogP contribution in [-0.2, 0) is 19.6 Å². The fraction of sp³-hybridized carbons (Fsp3) is 0.538. The highest BCUT2D eigenvalue weighted by Gasteiger charge is 2.53. The van der Waals surface area contributed by atoms with Gasteiger partial charge in [-0.3, -0.25) is 4.79 Å². The van der Waals surface area contributed by atoms with Crippen LogP contribution < -0.4 is 10.5 Å². The summed E-state index contributed by atoms with van der Waals surface area (Å²) in [6, 6.07) is 11.9. The first-order valence-corrected chi connectivity index (χ1v) is 13.9. The van der Waals surface area contributed by atoms with E-state index in [0.717, 1.165) is 16.8 Å². The van der Waals surface area contributed by atoms with Crippen LogP contribution in [0.1, 0.15) is 49.1 Å². The number of hydrogen-bond acceptors (Lipinski definition) is 7. The van der Waals surface area contributed by atoms with Crippen molar-refractivity contribution in [1.82, 2.24) is 9.29 Å². The molecule has 0 radical (unpaired) electrons. The van der Waals surface area contributed by atoms with Gasteiger partial charge in [-0.1, -0.05) is 24.3 Å². The summed E-state index contributed by atoms with van der Waals surface area (Å²) in [6.45, 7) is 3.69. The molecule has 2 aromatic rings. The number of hydrogen-bond donors (Lipinski definition) is 2. The first-order chi connectivity index (χ1) is 17.3. The summed E-state index contributed by atoms with van der Waals surface area (Å²) >= 11 is 0. The molecule has 9 nitrogen and oxygen atoms in total. The highest BCUT2D eigenvalue weighted by Crippen LogP contribution is 2.37. The smallest absolute Gasteiger partial charge is 0.240 e. The van der Waals surface area contributed by atoms with Gasteiger partial charge in [0, 0.05) is 63.8 Å². The lowest BCUT2D eigenvalue weighted by molar-refractivity contribution is -0.123. The van der Waals surface area contributed by atoms with Gasteiger partial charge in [-0.05, 0) is 42.9 Å². The Hall–Kier alpha value is -2.53. The second kappa shape index (κ2) is 11.2. The molecule has 0 unspecified atom stereocenters. The summed E-state index contributed by atoms with van der Waals surface area (Å²) in [6.07, 6.45) is 2.11. The fourth-order valence-electron chi connectivity index (χ4n) is 5.12. The monoisotopic (exact) mass is 517 g/mol. The number of benzene rings is 1. The van der Waals surface area contributed by atoms with E-state index in [2.05, 4.69) is 23.2 Å². The quantitative estimate of drug-likeness (QED) is 0.488. The Morgan fingerprint density at radius 2 is 1.94 bits per heavy atom. The maximum absolute atomic E-state index is 13.5. The number of carbonyl (C=O) groups excluding carboxylic acids is 1. The number of primary amides is 1. The summed E-state index contributed by atoms with van der Waals surface area (Å²) in [5, 5.41) is 8.94. The van der Waals surface area contributed by atoms with Crippen molar-refractivity contribution in [1.29, 1.82) is 0 Å². The van der Waals surface area contributed by atoms with Gasteiger partial charge >= 0.3 is 0 Å². The van der Waals surface area contributed by atoms with Crippen molar-refractivity contribution in [2.75, 3.05) is 39.5 Å². The lowest BCUT2D eigenvalue weighted by Gasteiger charge is -2.40. The van der Waals surface area contributed by atoms with Crippen LogP contribution in [0.3, 0.4) is 0 Å². The van der Waals surface area contributed by atoms with E-state index in [1.54, 1.807) is 6.07 Å². The van der Waals surface area contributed by atoms with Gasteiger partial charge in [-0.2, -0.15) is 0 Å². The summed E-state index contributed by atoms with van der Waals surface area (Å²) < 4.78 is 37.7. The van der Waals surface area contributed by atoms with E-state index in [0.29, 0.717) is 44.8 Å². The molecule has 1 amide bonds. The molecule has 4 rings (SSSR count). The van der Waals surface area contributed by atoms with Crippen LogP contribution in [0.5, 0.6) is 5.88 Å². The number of rotatable bonds is 9. The van der Waals surface area contributed by atoms with Crippen LogP contribution in [0.2, 0.25) is 0 Å². The zero-order valence-corrected chi connectivity index (χ0v) is 21.5. The number of aromatic nitrogens is 1. The average molecular weight is 518 g/mol. The average Bonchev–Trinajstić information content (AvgIpc) is 2.89. The lowest BCUT2D eigenvalue weighted by atomic mass is 9.88. The Balaban J connectivity index is 1.45. The third kappa shape index (κ3) is 5.27. The molecule has 2 saturated heterocycles. The highest BCUT2D eigenvalue weighted by molar-refractivity contribution is 7.91. The molecule has 0 spiro atoms. The van der Waals surface area contributed by atoms with Gasteiger partial charge in [0.15, 0.2) is 4.75 Å². The van der Waals surface area contributed by atoms with Gasteiger partial charge in [0.2, 0.25) is 21.8 Å². The minimum atomic E-state index is -3.87. The van der Waals surface area contributed by atoms with Crippen LogP contribution in [0.4, 0.5) is 0 Å². The fourth-order valence-corrected chi connectivity index (χ4v) is 7.25. The van der Waals surface area contributed by atoms with Gasteiger partial charge in [-0.25, -0.2) is 17.7 Å². The van der Waals surface area contributed by atoms with Gasteiger partial charge < -0.3 is 20.3 Å². The van der Waals surface area contributed by atoms with Gasteiger partial charge in [0.1, 0.15) is 0 Å². The zero-order chi connectivity index (χ0) is 25.8. The number of sulfonamides is 1. The van der Waals surface area contributed by atoms with E-state index in [9.17, 15) is 13.2 Å². The van der Waals surface area contributed by atoms with Crippen LogP contribution in [0, 0.1) is 6.92 Å². The van der Waals surface area contributed by atoms with Crippen molar-refractivity contribution in [3.63, 3.8) is 0 Å². The van der Waals surface area contributed by atoms with Crippen molar-refractivity contribution in [2.45, 2.75) is 49.7 Å². The van der Waals surface area contributed by atoms with Gasteiger partial charge in [-0.15, -0.1) is 0 Å². The summed E-state index contributed by atoms with van der Waals surface area (Å²) in [7, 11) is -3.87. The first kappa shape index (κ1) is 26.5. The Morgan fingerprint density at radius 1 is 1.22 bits per heavy atom. The number of pyridine rings is 1. The van der Waals surface area contributed by atoms with E-state index in [4.69, 9.17) is 20.3 Å². The van der Waals surface area contributed by atoms with E-state index in [1.165, 1.54) is 9.87 Å². The molecule has 36 heavy (non-hydrogen) atoms. The third-order valence-corrected chi connectivity index (χ3v) is 9.95. The molecule has 0 atom stereocenters. The van der Waals surface area contributed by atoms with Crippen LogP contribution in [0.25, 0.3) is 11.3 Å². The SMILES string of the molecule is Cc1cc(C2CCN(S(=O)(=O)C3(C(N)=O)CCOCC3)CC2)ccc1-c1cccc(OCCCO)n1. The molecule has 1 aromatic carbocycles. The number of ether oxygens (including phenoxy) is 2. The lowest BCUT2D eigenvalue weighted by Crippen LogP contribution is -2.59. The normalized spacial score (nSPS) is 19.2. The molecule has 0 bridgehead atoms. The summed E-state index contributed by atoms with van der Waals surface area (Å²) in [4.78, 5) is 16.9. The molecule has 1 aromatic heterocycles. The van der Waals surface area contributed by atoms with Crippen LogP contribution >= 0.6 is 0 Å². The molecular formula is C26H35N3O6S. The molecule has 3 heterocycles. The zero-order valence-electron chi connectivity index (χ0n) is 20.7. The Morgan fingerprint density at radius 3 is 2.58 bits per heavy atom. The number of aliphatic hydroxyl groups is 1. The molecule has 2 aliphatic heterocycles. The Labute approximate surface area is 212 Å². The molecule has 3 N–H and O–H groups in total. The van der Waals surface area contributed by atoms with Gasteiger partial charge in [0.25, 0.3) is 0 Å². The number of amides is 1. The van der Waals surface area contributed by atoms with Crippen molar-refractivity contribution < 1.29 is 27.8 Å². The van der Waals surface area contributed by atoms with Crippen molar-refractivity contribution in [3.05, 3.63) is 47.5 Å². The van der Waals surface area contributed by atoms with Crippen molar-refractivity contribution in [2.24, 2.45) is 5.73 Å². The Kier molecular flexibility index (Phi) is 8.29. The van der Waals surface area contributed by atoms with Crippen molar-refractivity contribution in [3.8, 4) is 17.1 Å². The number of aliphatic hydroxyl groups excluding tert-OH is 1. The third-order valence-electron chi connectivity index (χ3n) is 7.31. The first-order valence-electron chi connectivity index (χ1n) is 12.5. The maximum atomic E-state index is 13.5. The van der Waals surface area contributed by atoms with Crippen molar-refractivity contribution >= 4 is 15.9 Å². The van der Waals surface area contributed by atoms with Crippen LogP contribution in [0.15, 0.2) is 36.4 Å². The molecule has 10 heteroatoms. The minimum absolute atomic E-state index is 0.0755. The topological polar surface area (TPSA) is 132 Å². The molecular weight excluding hydrogens is 482 g/mol. The van der Waals surface area contributed by atoms with E-state index < -0.39 is 20.7 Å². The van der Waals surface area contributed by atoms with Gasteiger partial charge in [0.05, 0.1) is 12.3 Å². The predicted octanol–water partition coefficient (Wildman–Crippen LogP) is 2.36. The molecule has 2 fully saturated rings. The summed E-state index contributed by atoms with van der Waals surface area (Å²) in [5.41, 5.74) is 9.68. The van der Waals surface area contributed by atoms with E-state index in [-0.39, 0.29) is 38.6 Å². The number of nitrogens with zero attached hydrogens (tertiary/aromatic N) is 2. The van der Waals surface area contributed by atoms with Crippen LogP contribution in [-0.4, -0.2) is 73.0 Å². The number of aryl methyl sites for hydroxylation is 1. The standard InChI is InChI=1S/C26H35N3O6S/c1-19-18-21(6-7-22(19)23-4-2-5-24(28-23)35-15-3-14-30)20-8-12-29(13-9-20)36(32,33)26(25(27)31)10-16-34-17-11-26/h2,4-7,18,20,30H,3,8-17H2,1H3,(H2,27,31). The highest BCUT2D eigenvalue weighted by atomic mass is 32.2. The molecule has 196 valence electrons. The Bertz CT molecular complexity index is 1170. The predicted molar refractivity (Wildman–Crippen MR) is 136 cm³/mol. The molecule has 0 aliphatic carbocycles. The number of carbonyl (C=O) groups is 1. The van der Waals surface area contributed by atoms with E-state index in [1.807, 2.05) is 19.1 Å². The second-order valence-electron chi connectivity index (χ2n) is 9.51. The second-order valence-corrected chi connectivity index (χ2v) is 11.8. The number of piperidine rings is 1. The molecule has 0 saturated carbocycles. The minimum Gasteiger partial charge on any atom is -0.478 e. The summed E-state index contributed by atoms with van der Waals surface area (Å²) in [5.74, 6) is -0.0311. The maximum Gasteiger partial charge on any atom is 0.240 e.